The summed E-state index contributed by atoms with van der Waals surface area (Å²) in [6.45, 7) is 8.69. The molecule has 0 amide bonds. The molecule has 0 N–H and O–H groups in total. The molecule has 3 rings (SSSR count). The summed E-state index contributed by atoms with van der Waals surface area (Å²) in [7, 11) is 0. The molecule has 3 nitrogen and oxygen atoms in total. The summed E-state index contributed by atoms with van der Waals surface area (Å²) in [5.41, 5.74) is 6.14. The van der Waals surface area contributed by atoms with Gasteiger partial charge in [-0.1, -0.05) is 39.0 Å². The topological polar surface area (TPSA) is 35.5 Å². The Morgan fingerprint density at radius 3 is 2.41 bits per heavy atom. The average Bonchev–Trinajstić information content (AvgIpc) is 3.51. The van der Waals surface area contributed by atoms with Crippen LogP contribution in [0.1, 0.15) is 73.8 Å². The van der Waals surface area contributed by atoms with Crippen molar-refractivity contribution in [3.63, 3.8) is 0 Å². The third-order valence-corrected chi connectivity index (χ3v) is 5.36. The summed E-state index contributed by atoms with van der Waals surface area (Å²) in [6, 6.07) is 10.4. The first-order valence-electron chi connectivity index (χ1n) is 10.1. The molecule has 0 aromatic heterocycles. The molecule has 27 heavy (non-hydrogen) atoms. The van der Waals surface area contributed by atoms with Crippen LogP contribution in [0.15, 0.2) is 30.3 Å². The van der Waals surface area contributed by atoms with Crippen molar-refractivity contribution in [3.8, 4) is 11.5 Å². The summed E-state index contributed by atoms with van der Waals surface area (Å²) in [5, 5.41) is 0. The van der Waals surface area contributed by atoms with Crippen LogP contribution in [0, 0.1) is 6.92 Å². The summed E-state index contributed by atoms with van der Waals surface area (Å²) < 4.78 is 11.9. The zero-order valence-corrected chi connectivity index (χ0v) is 16.9. The van der Waals surface area contributed by atoms with Crippen molar-refractivity contribution in [2.24, 2.45) is 0 Å². The van der Waals surface area contributed by atoms with Gasteiger partial charge in [-0.15, -0.1) is 0 Å². The lowest BCUT2D eigenvalue weighted by Crippen LogP contribution is -2.10. The molecule has 144 valence electrons. The zero-order chi connectivity index (χ0) is 19.4. The van der Waals surface area contributed by atoms with E-state index in [1.807, 2.05) is 19.1 Å². The van der Waals surface area contributed by atoms with Crippen LogP contribution in [0.5, 0.6) is 11.5 Å². The number of ether oxygens (including phenoxy) is 2. The summed E-state index contributed by atoms with van der Waals surface area (Å²) in [4.78, 5) is 11.8. The Bertz CT molecular complexity index is 819. The second-order valence-corrected chi connectivity index (χ2v) is 7.31. The minimum absolute atomic E-state index is 0.216. The predicted octanol–water partition coefficient (Wildman–Crippen LogP) is 5.89. The second kappa shape index (κ2) is 8.60. The Kier molecular flexibility index (Phi) is 6.20. The van der Waals surface area contributed by atoms with Gasteiger partial charge in [0.2, 0.25) is 0 Å². The third-order valence-electron chi connectivity index (χ3n) is 5.36. The number of aryl methyl sites for hydroxylation is 3. The van der Waals surface area contributed by atoms with Crippen LogP contribution in [0.25, 0.3) is 0 Å². The van der Waals surface area contributed by atoms with Crippen LogP contribution in [-0.4, -0.2) is 5.97 Å². The normalized spacial score (nSPS) is 13.5. The molecular weight excluding hydrogens is 336 g/mol. The molecule has 0 atom stereocenters. The maximum Gasteiger partial charge on any atom is 0.310 e. The first-order valence-corrected chi connectivity index (χ1v) is 10.1. The Balaban J connectivity index is 1.88. The maximum atomic E-state index is 11.8. The van der Waals surface area contributed by atoms with Gasteiger partial charge in [0, 0.05) is 12.0 Å². The van der Waals surface area contributed by atoms with Crippen LogP contribution in [0.3, 0.4) is 0 Å². The lowest BCUT2D eigenvalue weighted by molar-refractivity contribution is -0.134. The van der Waals surface area contributed by atoms with Gasteiger partial charge in [-0.2, -0.15) is 0 Å². The van der Waals surface area contributed by atoms with E-state index in [-0.39, 0.29) is 5.97 Å². The van der Waals surface area contributed by atoms with Gasteiger partial charge in [-0.05, 0) is 72.9 Å². The first kappa shape index (κ1) is 19.5. The van der Waals surface area contributed by atoms with Crippen molar-refractivity contribution in [1.29, 1.82) is 0 Å². The van der Waals surface area contributed by atoms with Gasteiger partial charge in [0.25, 0.3) is 0 Å². The predicted molar refractivity (Wildman–Crippen MR) is 109 cm³/mol. The zero-order valence-electron chi connectivity index (χ0n) is 16.9. The average molecular weight is 367 g/mol. The van der Waals surface area contributed by atoms with Crippen molar-refractivity contribution >= 4 is 5.97 Å². The van der Waals surface area contributed by atoms with E-state index >= 15 is 0 Å². The van der Waals surface area contributed by atoms with Gasteiger partial charge in [0.05, 0.1) is 0 Å². The Labute approximate surface area is 162 Å². The van der Waals surface area contributed by atoms with Gasteiger partial charge >= 0.3 is 5.97 Å². The Morgan fingerprint density at radius 2 is 1.78 bits per heavy atom. The molecule has 3 heteroatoms. The number of carbonyl (C=O) groups is 1. The summed E-state index contributed by atoms with van der Waals surface area (Å²) in [6.07, 6.45) is 4.77. The summed E-state index contributed by atoms with van der Waals surface area (Å²) in [5.74, 6) is 2.01. The Hall–Kier alpha value is -2.29. The smallest absolute Gasteiger partial charge is 0.310 e. The van der Waals surface area contributed by atoms with Gasteiger partial charge in [0.15, 0.2) is 0 Å². The van der Waals surface area contributed by atoms with Crippen LogP contribution in [0.2, 0.25) is 0 Å². The van der Waals surface area contributed by atoms with E-state index < -0.39 is 0 Å². The first-order chi connectivity index (χ1) is 13.1. The van der Waals surface area contributed by atoms with Gasteiger partial charge < -0.3 is 9.47 Å². The number of benzene rings is 2. The lowest BCUT2D eigenvalue weighted by atomic mass is 9.99. The molecule has 0 spiro atoms. The van der Waals surface area contributed by atoms with Crippen molar-refractivity contribution < 1.29 is 14.3 Å². The van der Waals surface area contributed by atoms with E-state index in [9.17, 15) is 4.79 Å². The second-order valence-electron chi connectivity index (χ2n) is 7.31. The third kappa shape index (κ3) is 4.52. The molecule has 0 unspecified atom stereocenters. The fraction of sp³-hybridized carbons (Fsp3) is 0.458. The van der Waals surface area contributed by atoms with Crippen molar-refractivity contribution in [2.75, 3.05) is 0 Å². The van der Waals surface area contributed by atoms with Crippen LogP contribution in [0.4, 0.5) is 0 Å². The van der Waals surface area contributed by atoms with Crippen molar-refractivity contribution in [2.45, 2.75) is 72.3 Å². The molecule has 1 aliphatic carbocycles. The molecule has 1 aliphatic rings. The number of rotatable bonds is 8. The van der Waals surface area contributed by atoms with E-state index in [1.165, 1.54) is 29.5 Å². The minimum Gasteiger partial charge on any atom is -0.488 e. The van der Waals surface area contributed by atoms with Crippen molar-refractivity contribution in [3.05, 3.63) is 58.1 Å². The molecule has 1 saturated carbocycles. The largest absolute Gasteiger partial charge is 0.488 e. The van der Waals surface area contributed by atoms with E-state index in [2.05, 4.69) is 39.0 Å². The number of esters is 1. The molecule has 0 aliphatic heterocycles. The molecule has 0 bridgehead atoms. The standard InChI is InChI=1S/C24H30O3/c1-5-17-9-8-10-22(27-24(25)7-3)21(17)15-26-23-13-16(4)18(6-2)14-20(23)19-11-12-19/h8-10,13-14,19H,5-7,11-12,15H2,1-4H3. The van der Waals surface area contributed by atoms with Crippen LogP contribution < -0.4 is 9.47 Å². The summed E-state index contributed by atoms with van der Waals surface area (Å²) >= 11 is 0. The van der Waals surface area contributed by atoms with E-state index in [0.29, 0.717) is 24.7 Å². The molecule has 1 fully saturated rings. The molecule has 0 heterocycles. The SMILES string of the molecule is CCC(=O)Oc1cccc(CC)c1COc1cc(C)c(CC)cc1C1CC1. The van der Waals surface area contributed by atoms with Crippen LogP contribution in [-0.2, 0) is 24.2 Å². The van der Waals surface area contributed by atoms with E-state index in [1.54, 1.807) is 0 Å². The lowest BCUT2D eigenvalue weighted by Gasteiger charge is -2.18. The quantitative estimate of drug-likeness (QED) is 0.431. The van der Waals surface area contributed by atoms with Gasteiger partial charge in [-0.3, -0.25) is 4.79 Å². The fourth-order valence-corrected chi connectivity index (χ4v) is 3.51. The van der Waals surface area contributed by atoms with E-state index in [0.717, 1.165) is 29.7 Å². The van der Waals surface area contributed by atoms with Crippen LogP contribution >= 0.6 is 0 Å². The number of hydrogen-bond acceptors (Lipinski definition) is 3. The monoisotopic (exact) mass is 366 g/mol. The minimum atomic E-state index is -0.216. The number of carbonyl (C=O) groups excluding carboxylic acids is 1. The number of hydrogen-bond donors (Lipinski definition) is 0. The van der Waals surface area contributed by atoms with Crippen molar-refractivity contribution in [1.82, 2.24) is 0 Å². The fourth-order valence-electron chi connectivity index (χ4n) is 3.51. The highest BCUT2D eigenvalue weighted by Crippen LogP contribution is 2.45. The van der Waals surface area contributed by atoms with Gasteiger partial charge in [-0.25, -0.2) is 0 Å². The van der Waals surface area contributed by atoms with Gasteiger partial charge in [0.1, 0.15) is 18.1 Å². The van der Waals surface area contributed by atoms with E-state index in [4.69, 9.17) is 9.47 Å². The molecular formula is C24H30O3. The molecule has 0 radical (unpaired) electrons. The molecule has 2 aromatic rings. The Morgan fingerprint density at radius 1 is 1.04 bits per heavy atom. The highest BCUT2D eigenvalue weighted by atomic mass is 16.5. The highest BCUT2D eigenvalue weighted by molar-refractivity contribution is 5.72. The maximum absolute atomic E-state index is 11.8. The molecule has 0 saturated heterocycles. The molecule has 2 aromatic carbocycles. The highest BCUT2D eigenvalue weighted by Gasteiger charge is 2.28.